The van der Waals surface area contributed by atoms with Crippen molar-refractivity contribution in [2.75, 3.05) is 57.0 Å². The maximum atomic E-state index is 12.3. The molecule has 2 aromatic carbocycles. The van der Waals surface area contributed by atoms with Crippen LogP contribution in [0.1, 0.15) is 49.6 Å². The molecule has 1 aliphatic rings. The second-order valence-electron chi connectivity index (χ2n) is 11.1. The van der Waals surface area contributed by atoms with Crippen LogP contribution in [0.4, 0.5) is 16.3 Å². The quantitative estimate of drug-likeness (QED) is 0.318. The molecular weight excluding hydrogens is 490 g/mol. The number of nitrogens with one attached hydrogen (secondary N) is 2. The van der Waals surface area contributed by atoms with E-state index in [4.69, 9.17) is 9.26 Å². The lowest BCUT2D eigenvalue weighted by molar-refractivity contribution is 0.145. The standard InChI is InChI=1S/C31H39N5O3/c1-23-21-25(11-14-27(23)38-20-6-15-36-18-16-35(5)17-19-36)8-7-24-9-12-26(13-10-24)32-30(37)33-29-22-28(39-34-29)31(2,3)4/h9-14,21-22H,6,15-20H2,1-5H3,(H2,32,33,34,37). The van der Waals surface area contributed by atoms with E-state index >= 15 is 0 Å². The molecule has 2 heterocycles. The highest BCUT2D eigenvalue weighted by Crippen LogP contribution is 2.24. The minimum absolute atomic E-state index is 0.181. The van der Waals surface area contributed by atoms with Crippen molar-refractivity contribution in [3.05, 3.63) is 71.0 Å². The van der Waals surface area contributed by atoms with E-state index in [0.717, 1.165) is 61.6 Å². The van der Waals surface area contributed by atoms with Crippen LogP contribution in [-0.4, -0.2) is 67.4 Å². The van der Waals surface area contributed by atoms with Gasteiger partial charge < -0.3 is 24.4 Å². The van der Waals surface area contributed by atoms with Gasteiger partial charge in [0.15, 0.2) is 5.82 Å². The van der Waals surface area contributed by atoms with Gasteiger partial charge in [-0.2, -0.15) is 0 Å². The third-order valence-electron chi connectivity index (χ3n) is 6.63. The molecule has 0 unspecified atom stereocenters. The number of ether oxygens (including phenoxy) is 1. The third-order valence-corrected chi connectivity index (χ3v) is 6.63. The number of likely N-dealkylation sites (N-methyl/N-ethyl adjacent to an activating group) is 1. The van der Waals surface area contributed by atoms with Crippen LogP contribution in [0.5, 0.6) is 5.75 Å². The van der Waals surface area contributed by atoms with E-state index in [0.29, 0.717) is 23.9 Å². The average Bonchev–Trinajstić information content (AvgIpc) is 3.37. The van der Waals surface area contributed by atoms with Crippen LogP contribution < -0.4 is 15.4 Å². The Hall–Kier alpha value is -3.80. The van der Waals surface area contributed by atoms with Gasteiger partial charge in [0.25, 0.3) is 0 Å². The Morgan fingerprint density at radius 2 is 1.69 bits per heavy atom. The van der Waals surface area contributed by atoms with Crippen LogP contribution in [0.15, 0.2) is 53.1 Å². The van der Waals surface area contributed by atoms with Gasteiger partial charge in [0.2, 0.25) is 0 Å². The lowest BCUT2D eigenvalue weighted by Gasteiger charge is -2.32. The highest BCUT2D eigenvalue weighted by atomic mass is 16.5. The van der Waals surface area contributed by atoms with E-state index in [9.17, 15) is 4.79 Å². The van der Waals surface area contributed by atoms with Gasteiger partial charge >= 0.3 is 6.03 Å². The van der Waals surface area contributed by atoms with Gasteiger partial charge in [0.1, 0.15) is 11.5 Å². The predicted octanol–water partition coefficient (Wildman–Crippen LogP) is 5.34. The Balaban J connectivity index is 1.23. The van der Waals surface area contributed by atoms with Gasteiger partial charge in [0.05, 0.1) is 6.61 Å². The molecule has 4 rings (SSSR count). The minimum Gasteiger partial charge on any atom is -0.493 e. The summed E-state index contributed by atoms with van der Waals surface area (Å²) in [5, 5.41) is 9.39. The fourth-order valence-corrected chi connectivity index (χ4v) is 4.18. The van der Waals surface area contributed by atoms with Gasteiger partial charge in [-0.25, -0.2) is 4.79 Å². The fourth-order valence-electron chi connectivity index (χ4n) is 4.18. The number of rotatable bonds is 7. The summed E-state index contributed by atoms with van der Waals surface area (Å²) in [5.41, 5.74) is 3.34. The number of piperazine rings is 1. The van der Waals surface area contributed by atoms with E-state index in [2.05, 4.69) is 57.5 Å². The van der Waals surface area contributed by atoms with Crippen LogP contribution in [0.25, 0.3) is 0 Å². The zero-order chi connectivity index (χ0) is 27.8. The van der Waals surface area contributed by atoms with Crippen molar-refractivity contribution in [1.29, 1.82) is 0 Å². The largest absolute Gasteiger partial charge is 0.493 e. The van der Waals surface area contributed by atoms with Crippen LogP contribution in [0.2, 0.25) is 0 Å². The summed E-state index contributed by atoms with van der Waals surface area (Å²) >= 11 is 0. The van der Waals surface area contributed by atoms with E-state index in [1.807, 2.05) is 57.2 Å². The summed E-state index contributed by atoms with van der Waals surface area (Å²) in [6.07, 6.45) is 1.02. The second-order valence-corrected chi connectivity index (χ2v) is 11.1. The number of hydrogen-bond donors (Lipinski definition) is 2. The molecule has 8 heteroatoms. The SMILES string of the molecule is Cc1cc(C#Cc2ccc(NC(=O)Nc3cc(C(C)(C)C)on3)cc2)ccc1OCCCN1CCN(C)CC1. The zero-order valence-electron chi connectivity index (χ0n) is 23.6. The monoisotopic (exact) mass is 529 g/mol. The van der Waals surface area contributed by atoms with Gasteiger partial charge in [0, 0.05) is 61.0 Å². The number of aromatic nitrogens is 1. The number of hydrogen-bond acceptors (Lipinski definition) is 6. The number of benzene rings is 2. The first-order valence-electron chi connectivity index (χ1n) is 13.5. The first-order valence-corrected chi connectivity index (χ1v) is 13.5. The lowest BCUT2D eigenvalue weighted by Crippen LogP contribution is -2.44. The molecule has 206 valence electrons. The van der Waals surface area contributed by atoms with Gasteiger partial charge in [-0.05, 0) is 68.4 Å². The molecule has 0 bridgehead atoms. The highest BCUT2D eigenvalue weighted by Gasteiger charge is 2.20. The molecule has 1 saturated heterocycles. The van der Waals surface area contributed by atoms with Crippen molar-refractivity contribution >= 4 is 17.5 Å². The van der Waals surface area contributed by atoms with Gasteiger partial charge in [-0.3, -0.25) is 5.32 Å². The summed E-state index contributed by atoms with van der Waals surface area (Å²) in [6, 6.07) is 14.8. The molecule has 0 aliphatic carbocycles. The number of carbonyl (C=O) groups excluding carboxylic acids is 1. The van der Waals surface area contributed by atoms with Crippen LogP contribution >= 0.6 is 0 Å². The van der Waals surface area contributed by atoms with E-state index in [1.54, 1.807) is 6.07 Å². The van der Waals surface area contributed by atoms with Gasteiger partial charge in [-0.15, -0.1) is 0 Å². The number of amides is 2. The van der Waals surface area contributed by atoms with Crippen molar-refractivity contribution in [1.82, 2.24) is 15.0 Å². The average molecular weight is 530 g/mol. The summed E-state index contributed by atoms with van der Waals surface area (Å²) in [7, 11) is 2.18. The zero-order valence-corrected chi connectivity index (χ0v) is 23.6. The fraction of sp³-hybridized carbons (Fsp3) is 0.419. The Bertz CT molecular complexity index is 1310. The Morgan fingerprint density at radius 1 is 1.00 bits per heavy atom. The van der Waals surface area contributed by atoms with E-state index < -0.39 is 0 Å². The van der Waals surface area contributed by atoms with Crippen LogP contribution in [0.3, 0.4) is 0 Å². The number of anilines is 2. The minimum atomic E-state index is -0.389. The molecule has 1 aromatic heterocycles. The smallest absolute Gasteiger partial charge is 0.324 e. The molecule has 1 aliphatic heterocycles. The first kappa shape index (κ1) is 28.2. The normalized spacial score (nSPS) is 14.4. The van der Waals surface area contributed by atoms with Crippen molar-refractivity contribution < 1.29 is 14.1 Å². The predicted molar refractivity (Wildman–Crippen MR) is 155 cm³/mol. The molecule has 2 amide bonds. The molecule has 0 saturated carbocycles. The molecule has 39 heavy (non-hydrogen) atoms. The van der Waals surface area contributed by atoms with Crippen molar-refractivity contribution in [3.63, 3.8) is 0 Å². The number of carbonyl (C=O) groups is 1. The molecule has 2 N–H and O–H groups in total. The third kappa shape index (κ3) is 8.60. The van der Waals surface area contributed by atoms with Crippen molar-refractivity contribution in [3.8, 4) is 17.6 Å². The summed E-state index contributed by atoms with van der Waals surface area (Å²) in [5.74, 6) is 8.39. The number of urea groups is 1. The van der Waals surface area contributed by atoms with E-state index in [1.165, 1.54) is 0 Å². The van der Waals surface area contributed by atoms with E-state index in [-0.39, 0.29) is 11.4 Å². The Morgan fingerprint density at radius 3 is 2.36 bits per heavy atom. The molecule has 0 spiro atoms. The molecule has 8 nitrogen and oxygen atoms in total. The maximum absolute atomic E-state index is 12.3. The molecular formula is C31H39N5O3. The Labute approximate surface area is 231 Å². The van der Waals surface area contributed by atoms with Gasteiger partial charge in [-0.1, -0.05) is 37.8 Å². The number of nitrogens with zero attached hydrogens (tertiary/aromatic N) is 3. The summed E-state index contributed by atoms with van der Waals surface area (Å²) in [6.45, 7) is 14.5. The summed E-state index contributed by atoms with van der Waals surface area (Å²) < 4.78 is 11.3. The van der Waals surface area contributed by atoms with Crippen LogP contribution in [0, 0.1) is 18.8 Å². The van der Waals surface area contributed by atoms with Crippen molar-refractivity contribution in [2.24, 2.45) is 0 Å². The van der Waals surface area contributed by atoms with Crippen molar-refractivity contribution in [2.45, 2.75) is 39.5 Å². The van der Waals surface area contributed by atoms with Crippen LogP contribution in [-0.2, 0) is 5.41 Å². The Kier molecular flexibility index (Phi) is 9.28. The summed E-state index contributed by atoms with van der Waals surface area (Å²) in [4.78, 5) is 17.2. The lowest BCUT2D eigenvalue weighted by atomic mass is 9.93. The number of aryl methyl sites for hydroxylation is 1. The maximum Gasteiger partial charge on any atom is 0.324 e. The second kappa shape index (κ2) is 12.8. The first-order chi connectivity index (χ1) is 18.7. The molecule has 0 radical (unpaired) electrons. The molecule has 3 aromatic rings. The topological polar surface area (TPSA) is 82.9 Å². The highest BCUT2D eigenvalue weighted by molar-refractivity contribution is 5.99. The molecule has 0 atom stereocenters. The molecule has 1 fully saturated rings.